The summed E-state index contributed by atoms with van der Waals surface area (Å²) in [6, 6.07) is 20.0. The van der Waals surface area contributed by atoms with Gasteiger partial charge in [-0.3, -0.25) is 13.9 Å². The minimum Gasteiger partial charge on any atom is -0.350 e. The molecule has 3 aromatic rings. The van der Waals surface area contributed by atoms with Crippen molar-refractivity contribution in [1.82, 2.24) is 5.32 Å². The first-order valence-corrected chi connectivity index (χ1v) is 12.4. The van der Waals surface area contributed by atoms with E-state index >= 15 is 0 Å². The molecule has 0 aliphatic carbocycles. The predicted octanol–water partition coefficient (Wildman–Crippen LogP) is 4.28. The smallest absolute Gasteiger partial charge is 0.264 e. The van der Waals surface area contributed by atoms with E-state index < -0.39 is 22.5 Å². The minimum atomic E-state index is -4.03. The second kappa shape index (κ2) is 10.5. The third-order valence-corrected chi connectivity index (χ3v) is 6.92. The van der Waals surface area contributed by atoms with Crippen molar-refractivity contribution < 1.29 is 18.0 Å². The maximum Gasteiger partial charge on any atom is 0.264 e. The second-order valence-electron chi connectivity index (χ2n) is 8.33. The van der Waals surface area contributed by atoms with E-state index in [-0.39, 0.29) is 16.8 Å². The molecule has 0 heterocycles. The zero-order valence-corrected chi connectivity index (χ0v) is 20.5. The average molecular weight is 480 g/mol. The lowest BCUT2D eigenvalue weighted by Gasteiger charge is -2.26. The molecule has 8 heteroatoms. The Bertz CT molecular complexity index is 1290. The molecule has 178 valence electrons. The summed E-state index contributed by atoms with van der Waals surface area (Å²) in [6.45, 7) is 6.89. The number of anilines is 2. The number of benzene rings is 3. The van der Waals surface area contributed by atoms with Gasteiger partial charge in [-0.15, -0.1) is 0 Å². The summed E-state index contributed by atoms with van der Waals surface area (Å²) in [6.07, 6.45) is 0. The van der Waals surface area contributed by atoms with Gasteiger partial charge < -0.3 is 10.6 Å². The Morgan fingerprint density at radius 1 is 0.882 bits per heavy atom. The Labute approximate surface area is 200 Å². The van der Waals surface area contributed by atoms with Gasteiger partial charge in [0.05, 0.1) is 21.8 Å². The van der Waals surface area contributed by atoms with Crippen molar-refractivity contribution in [1.29, 1.82) is 0 Å². The normalized spacial score (nSPS) is 11.2. The summed E-state index contributed by atoms with van der Waals surface area (Å²) in [7, 11) is -4.03. The molecule has 7 nitrogen and oxygen atoms in total. The molecule has 2 N–H and O–H groups in total. The lowest BCUT2D eigenvalue weighted by Crippen LogP contribution is -2.39. The molecule has 0 fully saturated rings. The molecule has 3 rings (SSSR count). The summed E-state index contributed by atoms with van der Waals surface area (Å²) in [5.41, 5.74) is 2.65. The molecule has 0 atom stereocenters. The van der Waals surface area contributed by atoms with Gasteiger partial charge in [0.25, 0.3) is 15.9 Å². The van der Waals surface area contributed by atoms with Gasteiger partial charge in [0.2, 0.25) is 5.91 Å². The highest BCUT2D eigenvalue weighted by Crippen LogP contribution is 2.27. The first-order valence-electron chi connectivity index (χ1n) is 10.9. The van der Waals surface area contributed by atoms with Gasteiger partial charge in [0, 0.05) is 6.04 Å². The quantitative estimate of drug-likeness (QED) is 0.504. The van der Waals surface area contributed by atoms with Crippen molar-refractivity contribution in [3.05, 3.63) is 89.5 Å². The number of sulfonamides is 1. The number of hydrogen-bond donors (Lipinski definition) is 2. The summed E-state index contributed by atoms with van der Waals surface area (Å²) in [5.74, 6) is -0.891. The number of rotatable bonds is 8. The fourth-order valence-corrected chi connectivity index (χ4v) is 4.92. The zero-order valence-electron chi connectivity index (χ0n) is 19.7. The van der Waals surface area contributed by atoms with E-state index in [1.54, 1.807) is 67.6 Å². The van der Waals surface area contributed by atoms with Gasteiger partial charge in [0.1, 0.15) is 6.54 Å². The Morgan fingerprint density at radius 2 is 1.50 bits per heavy atom. The summed E-state index contributed by atoms with van der Waals surface area (Å²) in [5, 5.41) is 5.51. The van der Waals surface area contributed by atoms with Crippen LogP contribution >= 0.6 is 0 Å². The number of hydrogen-bond acceptors (Lipinski definition) is 4. The van der Waals surface area contributed by atoms with Crippen LogP contribution in [0.1, 0.15) is 35.3 Å². The molecule has 0 saturated heterocycles. The summed E-state index contributed by atoms with van der Waals surface area (Å²) >= 11 is 0. The van der Waals surface area contributed by atoms with Crippen molar-refractivity contribution in [3.8, 4) is 0 Å². The predicted molar refractivity (Wildman–Crippen MR) is 135 cm³/mol. The van der Waals surface area contributed by atoms with E-state index in [2.05, 4.69) is 10.6 Å². The topological polar surface area (TPSA) is 95.6 Å². The van der Waals surface area contributed by atoms with Gasteiger partial charge in [-0.25, -0.2) is 8.42 Å². The van der Waals surface area contributed by atoms with Gasteiger partial charge in [-0.2, -0.15) is 0 Å². The average Bonchev–Trinajstić information content (AvgIpc) is 2.78. The maximum absolute atomic E-state index is 13.6. The van der Waals surface area contributed by atoms with Crippen LogP contribution in [0.3, 0.4) is 0 Å². The molecule has 0 unspecified atom stereocenters. The highest BCUT2D eigenvalue weighted by atomic mass is 32.2. The fraction of sp³-hybridized carbons (Fsp3) is 0.231. The van der Waals surface area contributed by atoms with E-state index in [0.29, 0.717) is 22.5 Å². The van der Waals surface area contributed by atoms with Crippen LogP contribution in [0.4, 0.5) is 11.4 Å². The van der Waals surface area contributed by atoms with Crippen LogP contribution in [0.5, 0.6) is 0 Å². The largest absolute Gasteiger partial charge is 0.350 e. The third kappa shape index (κ3) is 5.82. The fourth-order valence-electron chi connectivity index (χ4n) is 3.43. The molecule has 3 aromatic carbocycles. The van der Waals surface area contributed by atoms with Crippen molar-refractivity contribution in [2.45, 2.75) is 38.6 Å². The summed E-state index contributed by atoms with van der Waals surface area (Å²) < 4.78 is 28.2. The SMILES string of the molecule is Cc1ccc(S(=O)(=O)N(CC(=O)Nc2ccccc2C(=O)NC(C)C)c2ccccc2C)cc1. The molecule has 0 bridgehead atoms. The number of nitrogens with one attached hydrogen (secondary N) is 2. The molecule has 0 aromatic heterocycles. The first-order chi connectivity index (χ1) is 16.1. The highest BCUT2D eigenvalue weighted by Gasteiger charge is 2.28. The van der Waals surface area contributed by atoms with Crippen LogP contribution in [0.2, 0.25) is 0 Å². The van der Waals surface area contributed by atoms with Crippen LogP contribution < -0.4 is 14.9 Å². The van der Waals surface area contributed by atoms with Crippen molar-refractivity contribution >= 4 is 33.2 Å². The van der Waals surface area contributed by atoms with Crippen LogP contribution in [-0.2, 0) is 14.8 Å². The van der Waals surface area contributed by atoms with E-state index in [9.17, 15) is 18.0 Å². The Kier molecular flexibility index (Phi) is 7.73. The number of aryl methyl sites for hydroxylation is 2. The Balaban J connectivity index is 1.94. The molecule has 0 spiro atoms. The van der Waals surface area contributed by atoms with Gasteiger partial charge in [0.15, 0.2) is 0 Å². The van der Waals surface area contributed by atoms with Gasteiger partial charge in [-0.05, 0) is 63.6 Å². The number of amides is 2. The number of para-hydroxylation sites is 2. The highest BCUT2D eigenvalue weighted by molar-refractivity contribution is 7.92. The summed E-state index contributed by atoms with van der Waals surface area (Å²) in [4.78, 5) is 25.7. The Hall–Kier alpha value is -3.65. The van der Waals surface area contributed by atoms with Crippen molar-refractivity contribution in [3.63, 3.8) is 0 Å². The third-order valence-electron chi connectivity index (χ3n) is 5.15. The standard InChI is InChI=1S/C26H29N3O4S/c1-18(2)27-26(31)22-10-6-7-11-23(22)28-25(30)17-29(24-12-8-5-9-20(24)4)34(32,33)21-15-13-19(3)14-16-21/h5-16,18H,17H2,1-4H3,(H,27,31)(H,28,30). The van der Waals surface area contributed by atoms with Crippen molar-refractivity contribution in [2.24, 2.45) is 0 Å². The molecular weight excluding hydrogens is 450 g/mol. The number of nitrogens with zero attached hydrogens (tertiary/aromatic N) is 1. The lowest BCUT2D eigenvalue weighted by atomic mass is 10.1. The molecule has 0 aliphatic rings. The molecule has 34 heavy (non-hydrogen) atoms. The van der Waals surface area contributed by atoms with Crippen LogP contribution in [0.25, 0.3) is 0 Å². The van der Waals surface area contributed by atoms with E-state index in [1.165, 1.54) is 12.1 Å². The number of carbonyl (C=O) groups excluding carboxylic acids is 2. The Morgan fingerprint density at radius 3 is 2.15 bits per heavy atom. The van der Waals surface area contributed by atoms with Crippen molar-refractivity contribution in [2.75, 3.05) is 16.2 Å². The van der Waals surface area contributed by atoms with E-state index in [4.69, 9.17) is 0 Å². The maximum atomic E-state index is 13.6. The number of carbonyl (C=O) groups is 2. The molecular formula is C26H29N3O4S. The molecule has 2 amide bonds. The second-order valence-corrected chi connectivity index (χ2v) is 10.2. The molecule has 0 saturated carbocycles. The van der Waals surface area contributed by atoms with Crippen LogP contribution in [-0.4, -0.2) is 32.8 Å². The van der Waals surface area contributed by atoms with E-state index in [0.717, 1.165) is 9.87 Å². The van der Waals surface area contributed by atoms with Crippen LogP contribution in [0.15, 0.2) is 77.7 Å². The monoisotopic (exact) mass is 479 g/mol. The zero-order chi connectivity index (χ0) is 24.9. The van der Waals surface area contributed by atoms with Gasteiger partial charge >= 0.3 is 0 Å². The van der Waals surface area contributed by atoms with E-state index in [1.807, 2.05) is 20.8 Å². The minimum absolute atomic E-state index is 0.0764. The molecule has 0 radical (unpaired) electrons. The lowest BCUT2D eigenvalue weighted by molar-refractivity contribution is -0.114. The van der Waals surface area contributed by atoms with Gasteiger partial charge in [-0.1, -0.05) is 48.0 Å². The van der Waals surface area contributed by atoms with Crippen LogP contribution in [0, 0.1) is 13.8 Å². The first kappa shape index (κ1) is 25.0. The molecule has 0 aliphatic heterocycles.